The van der Waals surface area contributed by atoms with E-state index >= 15 is 0 Å². The smallest absolute Gasteiger partial charge is 0.0916 e. The number of rotatable bonds is 1. The summed E-state index contributed by atoms with van der Waals surface area (Å²) in [7, 11) is 0. The molecule has 0 amide bonds. The zero-order valence-corrected chi connectivity index (χ0v) is 7.20. The van der Waals surface area contributed by atoms with Gasteiger partial charge < -0.3 is 5.11 Å². The van der Waals surface area contributed by atoms with E-state index in [0.717, 1.165) is 18.4 Å². The monoisotopic (exact) mass is 163 g/mol. The Morgan fingerprint density at radius 2 is 2.33 bits per heavy atom. The summed E-state index contributed by atoms with van der Waals surface area (Å²) >= 11 is 0. The van der Waals surface area contributed by atoms with Crippen molar-refractivity contribution < 1.29 is 5.11 Å². The van der Waals surface area contributed by atoms with Crippen LogP contribution < -0.4 is 0 Å². The topological polar surface area (TPSA) is 33.1 Å². The second-order valence-corrected chi connectivity index (χ2v) is 3.79. The van der Waals surface area contributed by atoms with Gasteiger partial charge >= 0.3 is 0 Å². The third-order valence-electron chi connectivity index (χ3n) is 2.57. The zero-order chi connectivity index (χ0) is 8.60. The molecule has 1 aromatic rings. The first-order valence-corrected chi connectivity index (χ1v) is 4.33. The molecule has 0 spiro atoms. The van der Waals surface area contributed by atoms with Gasteiger partial charge in [-0.15, -0.1) is 0 Å². The highest BCUT2D eigenvalue weighted by Gasteiger charge is 2.41. The number of nitrogens with zero attached hydrogens (tertiary/aromatic N) is 1. The highest BCUT2D eigenvalue weighted by atomic mass is 16.3. The molecule has 1 aliphatic rings. The minimum absolute atomic E-state index is 0.576. The molecule has 0 bridgehead atoms. The number of aliphatic hydroxyl groups is 1. The largest absolute Gasteiger partial charge is 0.385 e. The summed E-state index contributed by atoms with van der Waals surface area (Å²) in [5.41, 5.74) is 0.385. The Hall–Kier alpha value is -0.890. The van der Waals surface area contributed by atoms with Crippen molar-refractivity contribution >= 4 is 0 Å². The Bertz CT molecular complexity index is 264. The van der Waals surface area contributed by atoms with Crippen molar-refractivity contribution in [3.05, 3.63) is 30.1 Å². The molecule has 1 saturated carbocycles. The fourth-order valence-electron chi connectivity index (χ4n) is 1.97. The van der Waals surface area contributed by atoms with E-state index in [1.165, 1.54) is 0 Å². The van der Waals surface area contributed by atoms with Gasteiger partial charge in [0.2, 0.25) is 0 Å². The van der Waals surface area contributed by atoms with Crippen LogP contribution in [0.15, 0.2) is 24.5 Å². The SMILES string of the molecule is CC1CC(O)(c2cccnc2)C1. The second-order valence-electron chi connectivity index (χ2n) is 3.79. The van der Waals surface area contributed by atoms with Crippen molar-refractivity contribution in [2.75, 3.05) is 0 Å². The fourth-order valence-corrected chi connectivity index (χ4v) is 1.97. The average Bonchev–Trinajstić information content (AvgIpc) is 2.04. The van der Waals surface area contributed by atoms with E-state index < -0.39 is 5.60 Å². The van der Waals surface area contributed by atoms with Gasteiger partial charge in [-0.1, -0.05) is 13.0 Å². The van der Waals surface area contributed by atoms with E-state index in [4.69, 9.17) is 0 Å². The van der Waals surface area contributed by atoms with Gasteiger partial charge in [-0.3, -0.25) is 4.98 Å². The van der Waals surface area contributed by atoms with Crippen LogP contribution in [0.3, 0.4) is 0 Å². The molecule has 1 aromatic heterocycles. The molecule has 0 unspecified atom stereocenters. The van der Waals surface area contributed by atoms with Crippen LogP contribution >= 0.6 is 0 Å². The molecule has 1 aliphatic carbocycles. The van der Waals surface area contributed by atoms with Crippen LogP contribution in [-0.2, 0) is 5.60 Å². The fraction of sp³-hybridized carbons (Fsp3) is 0.500. The molecule has 1 N–H and O–H groups in total. The lowest BCUT2D eigenvalue weighted by Crippen LogP contribution is -2.39. The Balaban J connectivity index is 2.21. The van der Waals surface area contributed by atoms with Gasteiger partial charge in [-0.05, 0) is 24.8 Å². The third-order valence-corrected chi connectivity index (χ3v) is 2.57. The molecule has 2 heteroatoms. The molecule has 12 heavy (non-hydrogen) atoms. The van der Waals surface area contributed by atoms with E-state index in [2.05, 4.69) is 11.9 Å². The first-order chi connectivity index (χ1) is 5.71. The molecule has 0 saturated heterocycles. The maximum absolute atomic E-state index is 10.0. The van der Waals surface area contributed by atoms with Crippen LogP contribution in [0.25, 0.3) is 0 Å². The van der Waals surface area contributed by atoms with Crippen molar-refractivity contribution in [3.8, 4) is 0 Å². The minimum atomic E-state index is -0.576. The molecule has 1 heterocycles. The van der Waals surface area contributed by atoms with Gasteiger partial charge in [0, 0.05) is 18.0 Å². The van der Waals surface area contributed by atoms with Crippen LogP contribution in [0.1, 0.15) is 25.3 Å². The van der Waals surface area contributed by atoms with Gasteiger partial charge in [0.25, 0.3) is 0 Å². The van der Waals surface area contributed by atoms with Crippen molar-refractivity contribution in [1.29, 1.82) is 0 Å². The maximum Gasteiger partial charge on any atom is 0.0916 e. The molecule has 0 aromatic carbocycles. The predicted molar refractivity (Wildman–Crippen MR) is 46.5 cm³/mol. The van der Waals surface area contributed by atoms with Crippen molar-refractivity contribution in [2.45, 2.75) is 25.4 Å². The summed E-state index contributed by atoms with van der Waals surface area (Å²) in [6.07, 6.45) is 5.23. The Morgan fingerprint density at radius 1 is 1.58 bits per heavy atom. The van der Waals surface area contributed by atoms with E-state index in [1.807, 2.05) is 12.1 Å². The molecular formula is C10H13NO. The first kappa shape index (κ1) is 7.74. The lowest BCUT2D eigenvalue weighted by Gasteiger charge is -2.42. The number of hydrogen-bond donors (Lipinski definition) is 1. The van der Waals surface area contributed by atoms with Crippen molar-refractivity contribution in [1.82, 2.24) is 4.98 Å². The highest BCUT2D eigenvalue weighted by molar-refractivity contribution is 5.21. The summed E-state index contributed by atoms with van der Waals surface area (Å²) in [6.45, 7) is 2.16. The van der Waals surface area contributed by atoms with Crippen LogP contribution in [0, 0.1) is 5.92 Å². The Kier molecular flexibility index (Phi) is 1.65. The van der Waals surface area contributed by atoms with E-state index in [-0.39, 0.29) is 0 Å². The van der Waals surface area contributed by atoms with Crippen molar-refractivity contribution in [3.63, 3.8) is 0 Å². The normalized spacial score (nSPS) is 34.3. The molecule has 64 valence electrons. The average molecular weight is 163 g/mol. The summed E-state index contributed by atoms with van der Waals surface area (Å²) in [5.74, 6) is 0.648. The summed E-state index contributed by atoms with van der Waals surface area (Å²) in [4.78, 5) is 4.00. The van der Waals surface area contributed by atoms with Crippen LogP contribution in [0.2, 0.25) is 0 Å². The Morgan fingerprint density at radius 3 is 2.83 bits per heavy atom. The van der Waals surface area contributed by atoms with Gasteiger partial charge in [0.1, 0.15) is 0 Å². The lowest BCUT2D eigenvalue weighted by molar-refractivity contribution is -0.0740. The van der Waals surface area contributed by atoms with E-state index in [1.54, 1.807) is 12.4 Å². The standard InChI is InChI=1S/C10H13NO/c1-8-5-10(12,6-8)9-3-2-4-11-7-9/h2-4,7-8,12H,5-6H2,1H3. The molecule has 0 atom stereocenters. The molecule has 0 radical (unpaired) electrons. The zero-order valence-electron chi connectivity index (χ0n) is 7.20. The van der Waals surface area contributed by atoms with Crippen LogP contribution in [-0.4, -0.2) is 10.1 Å². The van der Waals surface area contributed by atoms with E-state index in [9.17, 15) is 5.11 Å². The minimum Gasteiger partial charge on any atom is -0.385 e. The summed E-state index contributed by atoms with van der Waals surface area (Å²) in [5, 5.41) is 10.0. The number of pyridine rings is 1. The third kappa shape index (κ3) is 1.12. The molecule has 2 nitrogen and oxygen atoms in total. The predicted octanol–water partition coefficient (Wildman–Crippen LogP) is 1.70. The molecule has 2 rings (SSSR count). The quantitative estimate of drug-likeness (QED) is 0.683. The molecule has 0 aliphatic heterocycles. The molecular weight excluding hydrogens is 150 g/mol. The summed E-state index contributed by atoms with van der Waals surface area (Å²) < 4.78 is 0. The first-order valence-electron chi connectivity index (χ1n) is 4.33. The molecule has 1 fully saturated rings. The Labute approximate surface area is 72.3 Å². The van der Waals surface area contributed by atoms with Gasteiger partial charge in [0.15, 0.2) is 0 Å². The van der Waals surface area contributed by atoms with Gasteiger partial charge in [-0.25, -0.2) is 0 Å². The summed E-state index contributed by atoms with van der Waals surface area (Å²) in [6, 6.07) is 3.81. The van der Waals surface area contributed by atoms with Crippen molar-refractivity contribution in [2.24, 2.45) is 5.92 Å². The van der Waals surface area contributed by atoms with Gasteiger partial charge in [0.05, 0.1) is 5.60 Å². The highest BCUT2D eigenvalue weighted by Crippen LogP contribution is 2.44. The second kappa shape index (κ2) is 2.56. The number of hydrogen-bond acceptors (Lipinski definition) is 2. The lowest BCUT2D eigenvalue weighted by atomic mass is 9.69. The number of aromatic nitrogens is 1. The van der Waals surface area contributed by atoms with E-state index in [0.29, 0.717) is 5.92 Å². The van der Waals surface area contributed by atoms with Crippen LogP contribution in [0.4, 0.5) is 0 Å². The maximum atomic E-state index is 10.0. The van der Waals surface area contributed by atoms with Crippen LogP contribution in [0.5, 0.6) is 0 Å². The van der Waals surface area contributed by atoms with Gasteiger partial charge in [-0.2, -0.15) is 0 Å².